The van der Waals surface area contributed by atoms with Crippen LogP contribution in [0.1, 0.15) is 20.7 Å². The lowest BCUT2D eigenvalue weighted by atomic mass is 10.1. The van der Waals surface area contributed by atoms with E-state index >= 15 is 0 Å². The number of carbonyl (C=O) groups is 2. The SMILES string of the molecule is CNC(=O)c1ccc(NC(=O)c2ccc(I)c(Cl)c2)cc1. The number of carbonyl (C=O) groups excluding carboxylic acids is 2. The van der Waals surface area contributed by atoms with Crippen molar-refractivity contribution in [3.8, 4) is 0 Å². The molecule has 0 atom stereocenters. The molecule has 0 spiro atoms. The molecule has 0 aliphatic heterocycles. The number of hydrogen-bond donors (Lipinski definition) is 2. The molecule has 0 saturated heterocycles. The Bertz CT molecular complexity index is 687. The summed E-state index contributed by atoms with van der Waals surface area (Å²) in [7, 11) is 1.57. The van der Waals surface area contributed by atoms with Crippen LogP contribution in [-0.2, 0) is 0 Å². The van der Waals surface area contributed by atoms with Crippen LogP contribution < -0.4 is 10.6 Å². The van der Waals surface area contributed by atoms with E-state index in [1.807, 2.05) is 0 Å². The summed E-state index contributed by atoms with van der Waals surface area (Å²) < 4.78 is 0.890. The first-order valence-corrected chi connectivity index (χ1v) is 7.55. The maximum absolute atomic E-state index is 12.1. The third-order valence-electron chi connectivity index (χ3n) is 2.81. The Morgan fingerprint density at radius 3 is 2.19 bits per heavy atom. The van der Waals surface area contributed by atoms with Gasteiger partial charge in [0.25, 0.3) is 11.8 Å². The molecule has 0 fully saturated rings. The molecule has 0 bridgehead atoms. The molecule has 0 saturated carbocycles. The van der Waals surface area contributed by atoms with Gasteiger partial charge in [-0.05, 0) is 65.1 Å². The molecule has 2 aromatic carbocycles. The Balaban J connectivity index is 2.12. The summed E-state index contributed by atoms with van der Waals surface area (Å²) in [5.41, 5.74) is 1.63. The van der Waals surface area contributed by atoms with Crippen molar-refractivity contribution in [2.75, 3.05) is 12.4 Å². The van der Waals surface area contributed by atoms with E-state index in [9.17, 15) is 9.59 Å². The summed E-state index contributed by atoms with van der Waals surface area (Å²) in [5, 5.41) is 5.83. The van der Waals surface area contributed by atoms with E-state index in [4.69, 9.17) is 11.6 Å². The maximum atomic E-state index is 12.1. The van der Waals surface area contributed by atoms with E-state index in [-0.39, 0.29) is 11.8 Å². The van der Waals surface area contributed by atoms with Crippen molar-refractivity contribution in [3.63, 3.8) is 0 Å². The molecule has 108 valence electrons. The molecule has 0 aromatic heterocycles. The van der Waals surface area contributed by atoms with Gasteiger partial charge in [0.05, 0.1) is 5.02 Å². The van der Waals surface area contributed by atoms with Crippen molar-refractivity contribution in [2.45, 2.75) is 0 Å². The predicted octanol–water partition coefficient (Wildman–Crippen LogP) is 3.56. The lowest BCUT2D eigenvalue weighted by Crippen LogP contribution is -2.17. The first-order valence-electron chi connectivity index (χ1n) is 6.10. The predicted molar refractivity (Wildman–Crippen MR) is 92.0 cm³/mol. The Morgan fingerprint density at radius 1 is 1.00 bits per heavy atom. The molecular formula is C15H12ClIN2O2. The summed E-state index contributed by atoms with van der Waals surface area (Å²) in [5.74, 6) is -0.418. The largest absolute Gasteiger partial charge is 0.355 e. The van der Waals surface area contributed by atoms with Gasteiger partial charge in [-0.1, -0.05) is 11.6 Å². The van der Waals surface area contributed by atoms with Crippen molar-refractivity contribution in [1.82, 2.24) is 5.32 Å². The van der Waals surface area contributed by atoms with Gasteiger partial charge in [-0.15, -0.1) is 0 Å². The Labute approximate surface area is 141 Å². The number of halogens is 2. The standard InChI is InChI=1S/C15H12ClIN2O2/c1-18-14(20)9-2-5-11(6-3-9)19-15(21)10-4-7-13(17)12(16)8-10/h2-8H,1H3,(H,18,20)(H,19,21). The van der Waals surface area contributed by atoms with Gasteiger partial charge < -0.3 is 10.6 Å². The topological polar surface area (TPSA) is 58.2 Å². The van der Waals surface area contributed by atoms with Gasteiger partial charge in [-0.2, -0.15) is 0 Å². The normalized spacial score (nSPS) is 10.0. The molecule has 0 aliphatic carbocycles. The fraction of sp³-hybridized carbons (Fsp3) is 0.0667. The number of hydrogen-bond acceptors (Lipinski definition) is 2. The summed E-state index contributed by atoms with van der Waals surface area (Å²) in [6, 6.07) is 11.8. The van der Waals surface area contributed by atoms with Gasteiger partial charge in [0.15, 0.2) is 0 Å². The van der Waals surface area contributed by atoms with Crippen LogP contribution in [0.15, 0.2) is 42.5 Å². The van der Waals surface area contributed by atoms with Gasteiger partial charge in [-0.25, -0.2) is 0 Å². The molecule has 6 heteroatoms. The van der Waals surface area contributed by atoms with Crippen LogP contribution in [0.2, 0.25) is 5.02 Å². The fourth-order valence-corrected chi connectivity index (χ4v) is 2.21. The zero-order valence-corrected chi connectivity index (χ0v) is 14.0. The van der Waals surface area contributed by atoms with E-state index in [0.717, 1.165) is 3.57 Å². The molecule has 21 heavy (non-hydrogen) atoms. The molecule has 2 N–H and O–H groups in total. The zero-order chi connectivity index (χ0) is 15.4. The zero-order valence-electron chi connectivity index (χ0n) is 11.1. The highest BCUT2D eigenvalue weighted by atomic mass is 127. The van der Waals surface area contributed by atoms with Crippen molar-refractivity contribution in [3.05, 3.63) is 62.2 Å². The van der Waals surface area contributed by atoms with E-state index in [0.29, 0.717) is 21.8 Å². The van der Waals surface area contributed by atoms with Gasteiger partial charge in [0.2, 0.25) is 0 Å². The minimum Gasteiger partial charge on any atom is -0.355 e. The highest BCUT2D eigenvalue weighted by molar-refractivity contribution is 14.1. The van der Waals surface area contributed by atoms with Crippen LogP contribution in [0, 0.1) is 3.57 Å². The van der Waals surface area contributed by atoms with Crippen LogP contribution in [0.25, 0.3) is 0 Å². The highest BCUT2D eigenvalue weighted by Gasteiger charge is 2.09. The van der Waals surface area contributed by atoms with Crippen molar-refractivity contribution < 1.29 is 9.59 Å². The fourth-order valence-electron chi connectivity index (χ4n) is 1.69. The Kier molecular flexibility index (Phi) is 5.19. The lowest BCUT2D eigenvalue weighted by molar-refractivity contribution is 0.0962. The number of rotatable bonds is 3. The van der Waals surface area contributed by atoms with E-state index in [2.05, 4.69) is 33.2 Å². The van der Waals surface area contributed by atoms with Crippen LogP contribution in [-0.4, -0.2) is 18.9 Å². The summed E-state index contributed by atoms with van der Waals surface area (Å²) in [6.45, 7) is 0. The van der Waals surface area contributed by atoms with Crippen LogP contribution in [0.3, 0.4) is 0 Å². The summed E-state index contributed by atoms with van der Waals surface area (Å²) in [4.78, 5) is 23.5. The minimum atomic E-state index is -0.249. The highest BCUT2D eigenvalue weighted by Crippen LogP contribution is 2.20. The van der Waals surface area contributed by atoms with E-state index < -0.39 is 0 Å². The second-order valence-corrected chi connectivity index (χ2v) is 5.81. The Hall–Kier alpha value is -1.60. The van der Waals surface area contributed by atoms with Crippen LogP contribution in [0.4, 0.5) is 5.69 Å². The van der Waals surface area contributed by atoms with Crippen LogP contribution in [0.5, 0.6) is 0 Å². The van der Waals surface area contributed by atoms with Crippen LogP contribution >= 0.6 is 34.2 Å². The smallest absolute Gasteiger partial charge is 0.255 e. The average Bonchev–Trinajstić information content (AvgIpc) is 2.50. The molecule has 2 rings (SSSR count). The average molecular weight is 415 g/mol. The third kappa shape index (κ3) is 3.95. The number of benzene rings is 2. The van der Waals surface area contributed by atoms with Crippen molar-refractivity contribution >= 4 is 51.7 Å². The summed E-state index contributed by atoms with van der Waals surface area (Å²) in [6.07, 6.45) is 0. The molecule has 2 amide bonds. The molecule has 0 radical (unpaired) electrons. The van der Waals surface area contributed by atoms with Gasteiger partial charge in [0, 0.05) is 27.4 Å². The van der Waals surface area contributed by atoms with E-state index in [1.165, 1.54) is 0 Å². The number of amides is 2. The quantitative estimate of drug-likeness (QED) is 0.755. The molecule has 0 aliphatic rings. The van der Waals surface area contributed by atoms with Gasteiger partial charge >= 0.3 is 0 Å². The molecule has 0 heterocycles. The minimum absolute atomic E-state index is 0.169. The van der Waals surface area contributed by atoms with Crippen molar-refractivity contribution in [1.29, 1.82) is 0 Å². The third-order valence-corrected chi connectivity index (χ3v) is 4.39. The lowest BCUT2D eigenvalue weighted by Gasteiger charge is -2.07. The van der Waals surface area contributed by atoms with Crippen molar-refractivity contribution in [2.24, 2.45) is 0 Å². The first-order chi connectivity index (χ1) is 10.0. The molecule has 0 unspecified atom stereocenters. The molecule has 2 aromatic rings. The maximum Gasteiger partial charge on any atom is 0.255 e. The van der Waals surface area contributed by atoms with Gasteiger partial charge in [0.1, 0.15) is 0 Å². The Morgan fingerprint density at radius 2 is 1.62 bits per heavy atom. The molecule has 4 nitrogen and oxygen atoms in total. The van der Waals surface area contributed by atoms with Gasteiger partial charge in [-0.3, -0.25) is 9.59 Å². The second kappa shape index (κ2) is 6.91. The molecular weight excluding hydrogens is 403 g/mol. The monoisotopic (exact) mass is 414 g/mol. The summed E-state index contributed by atoms with van der Waals surface area (Å²) >= 11 is 8.10. The number of nitrogens with one attached hydrogen (secondary N) is 2. The second-order valence-electron chi connectivity index (χ2n) is 4.24. The number of anilines is 1. The van der Waals surface area contributed by atoms with E-state index in [1.54, 1.807) is 49.5 Å². The first kappa shape index (κ1) is 15.8.